The first-order chi connectivity index (χ1) is 4.91. The van der Waals surface area contributed by atoms with Crippen LogP contribution in [0.25, 0.3) is 0 Å². The average molecular weight is 136 g/mol. The van der Waals surface area contributed by atoms with Crippen LogP contribution in [0.3, 0.4) is 0 Å². The Morgan fingerprint density at radius 3 is 2.60 bits per heavy atom. The molecule has 0 heterocycles. The van der Waals surface area contributed by atoms with Gasteiger partial charge in [0.1, 0.15) is 0 Å². The fraction of sp³-hybridized carbons (Fsp3) is 1.00. The number of hydrogen-bond donors (Lipinski definition) is 0. The second-order valence-electron chi connectivity index (χ2n) is 4.70. The molecule has 0 aromatic heterocycles. The first-order valence-electron chi connectivity index (χ1n) is 4.91. The number of hydrogen-bond acceptors (Lipinski definition) is 0. The van der Waals surface area contributed by atoms with Gasteiger partial charge in [0.2, 0.25) is 0 Å². The van der Waals surface area contributed by atoms with Crippen LogP contribution >= 0.6 is 0 Å². The first kappa shape index (κ1) is 5.62. The summed E-state index contributed by atoms with van der Waals surface area (Å²) < 4.78 is 0. The molecule has 3 aliphatic carbocycles. The third-order valence-electron chi connectivity index (χ3n) is 4.35. The Bertz CT molecular complexity index is 155. The summed E-state index contributed by atoms with van der Waals surface area (Å²) in [5.74, 6) is 2.38. The molecule has 56 valence electrons. The monoisotopic (exact) mass is 136 g/mol. The van der Waals surface area contributed by atoms with E-state index >= 15 is 0 Å². The van der Waals surface area contributed by atoms with E-state index in [0.29, 0.717) is 0 Å². The van der Waals surface area contributed by atoms with Gasteiger partial charge in [0.15, 0.2) is 0 Å². The molecule has 0 aliphatic heterocycles. The lowest BCUT2D eigenvalue weighted by atomic mass is 9.89. The van der Waals surface area contributed by atoms with E-state index in [0.717, 1.165) is 5.41 Å². The molecule has 1 spiro atoms. The topological polar surface area (TPSA) is 0 Å². The summed E-state index contributed by atoms with van der Waals surface area (Å²) >= 11 is 0. The molecule has 3 fully saturated rings. The largest absolute Gasteiger partial charge is 0.0527 e. The number of rotatable bonds is 0. The van der Waals surface area contributed by atoms with Gasteiger partial charge in [0, 0.05) is 0 Å². The van der Waals surface area contributed by atoms with Crippen LogP contribution in [-0.4, -0.2) is 0 Å². The van der Waals surface area contributed by atoms with E-state index in [2.05, 4.69) is 0 Å². The highest BCUT2D eigenvalue weighted by molar-refractivity contribution is 5.06. The Labute approximate surface area is 63.0 Å². The van der Waals surface area contributed by atoms with Gasteiger partial charge < -0.3 is 0 Å². The van der Waals surface area contributed by atoms with Crippen LogP contribution in [-0.2, 0) is 0 Å². The van der Waals surface area contributed by atoms with Crippen molar-refractivity contribution in [1.29, 1.82) is 0 Å². The maximum Gasteiger partial charge on any atom is -0.0266 e. The third kappa shape index (κ3) is 0.538. The summed E-state index contributed by atoms with van der Waals surface area (Å²) in [5.41, 5.74) is 0.946. The highest BCUT2D eigenvalue weighted by Gasteiger charge is 2.56. The maximum absolute atomic E-state index is 1.60. The van der Waals surface area contributed by atoms with Crippen LogP contribution in [0, 0.1) is 17.3 Å². The van der Waals surface area contributed by atoms with Gasteiger partial charge in [-0.15, -0.1) is 0 Å². The van der Waals surface area contributed by atoms with Crippen molar-refractivity contribution in [3.63, 3.8) is 0 Å². The highest BCUT2D eigenvalue weighted by Crippen LogP contribution is 2.67. The minimum absolute atomic E-state index is 0.946. The van der Waals surface area contributed by atoms with Crippen LogP contribution < -0.4 is 0 Å². The fourth-order valence-corrected chi connectivity index (χ4v) is 3.63. The van der Waals surface area contributed by atoms with Crippen molar-refractivity contribution in [3.8, 4) is 0 Å². The Hall–Kier alpha value is 0. The lowest BCUT2D eigenvalue weighted by Crippen LogP contribution is -2.08. The zero-order valence-corrected chi connectivity index (χ0v) is 6.60. The van der Waals surface area contributed by atoms with Crippen LogP contribution in [0.2, 0.25) is 0 Å². The van der Waals surface area contributed by atoms with Gasteiger partial charge in [-0.3, -0.25) is 0 Å². The first-order valence-corrected chi connectivity index (χ1v) is 4.91. The lowest BCUT2D eigenvalue weighted by molar-refractivity contribution is 0.332. The normalized spacial score (nSPS) is 48.0. The summed E-state index contributed by atoms with van der Waals surface area (Å²) in [6.45, 7) is 0. The number of fused-ring (bicyclic) bond motifs is 2. The van der Waals surface area contributed by atoms with E-state index in [1.54, 1.807) is 44.9 Å². The molecule has 0 heteroatoms. The molecule has 0 aromatic rings. The minimum atomic E-state index is 0.946. The zero-order chi connectivity index (χ0) is 6.60. The van der Waals surface area contributed by atoms with Crippen LogP contribution in [0.1, 0.15) is 44.9 Å². The van der Waals surface area contributed by atoms with Gasteiger partial charge in [-0.25, -0.2) is 0 Å². The third-order valence-corrected chi connectivity index (χ3v) is 4.35. The fourth-order valence-electron chi connectivity index (χ4n) is 3.63. The molecule has 0 bridgehead atoms. The molecule has 0 aromatic carbocycles. The van der Waals surface area contributed by atoms with Crippen molar-refractivity contribution in [2.45, 2.75) is 44.9 Å². The SMILES string of the molecule is C1CC2CCC3(CC3)C2C1. The van der Waals surface area contributed by atoms with Gasteiger partial charge in [-0.2, -0.15) is 0 Å². The van der Waals surface area contributed by atoms with E-state index in [-0.39, 0.29) is 0 Å². The van der Waals surface area contributed by atoms with Crippen molar-refractivity contribution in [2.24, 2.45) is 17.3 Å². The summed E-state index contributed by atoms with van der Waals surface area (Å²) in [6.07, 6.45) is 11.1. The van der Waals surface area contributed by atoms with Crippen molar-refractivity contribution in [1.82, 2.24) is 0 Å². The van der Waals surface area contributed by atoms with Crippen molar-refractivity contribution in [2.75, 3.05) is 0 Å². The van der Waals surface area contributed by atoms with Crippen LogP contribution in [0.5, 0.6) is 0 Å². The lowest BCUT2D eigenvalue weighted by Gasteiger charge is -2.15. The van der Waals surface area contributed by atoms with E-state index in [1.807, 2.05) is 0 Å². The summed E-state index contributed by atoms with van der Waals surface area (Å²) in [5, 5.41) is 0. The predicted octanol–water partition coefficient (Wildman–Crippen LogP) is 2.98. The molecule has 3 rings (SSSR count). The van der Waals surface area contributed by atoms with Crippen LogP contribution in [0.4, 0.5) is 0 Å². The average Bonchev–Trinajstić information content (AvgIpc) is 2.40. The van der Waals surface area contributed by atoms with Crippen molar-refractivity contribution >= 4 is 0 Å². The molecule has 2 unspecified atom stereocenters. The molecule has 10 heavy (non-hydrogen) atoms. The van der Waals surface area contributed by atoms with Gasteiger partial charge >= 0.3 is 0 Å². The molecule has 0 nitrogen and oxygen atoms in total. The molecule has 0 N–H and O–H groups in total. The quantitative estimate of drug-likeness (QED) is 0.480. The molecule has 0 saturated heterocycles. The molecular weight excluding hydrogens is 120 g/mol. The zero-order valence-electron chi connectivity index (χ0n) is 6.60. The minimum Gasteiger partial charge on any atom is -0.0527 e. The highest BCUT2D eigenvalue weighted by atomic mass is 14.6. The summed E-state index contributed by atoms with van der Waals surface area (Å²) in [4.78, 5) is 0. The molecular formula is C10H16. The second kappa shape index (κ2) is 1.60. The second-order valence-corrected chi connectivity index (χ2v) is 4.70. The van der Waals surface area contributed by atoms with E-state index in [9.17, 15) is 0 Å². The van der Waals surface area contributed by atoms with Gasteiger partial charge in [-0.1, -0.05) is 12.8 Å². The molecule has 0 amide bonds. The predicted molar refractivity (Wildman–Crippen MR) is 41.7 cm³/mol. The van der Waals surface area contributed by atoms with Crippen molar-refractivity contribution in [3.05, 3.63) is 0 Å². The molecule has 3 aliphatic rings. The van der Waals surface area contributed by atoms with Gasteiger partial charge in [0.25, 0.3) is 0 Å². The Morgan fingerprint density at radius 2 is 1.80 bits per heavy atom. The maximum atomic E-state index is 1.60. The van der Waals surface area contributed by atoms with Crippen LogP contribution in [0.15, 0.2) is 0 Å². The molecule has 3 saturated carbocycles. The van der Waals surface area contributed by atoms with E-state index in [4.69, 9.17) is 0 Å². The smallest absolute Gasteiger partial charge is 0.0266 e. The Balaban J connectivity index is 1.90. The van der Waals surface area contributed by atoms with E-state index in [1.165, 1.54) is 11.8 Å². The summed E-state index contributed by atoms with van der Waals surface area (Å²) in [7, 11) is 0. The molecule has 0 radical (unpaired) electrons. The van der Waals surface area contributed by atoms with Gasteiger partial charge in [0.05, 0.1) is 0 Å². The Kier molecular flexibility index (Phi) is 0.898. The molecule has 2 atom stereocenters. The Morgan fingerprint density at radius 1 is 0.900 bits per heavy atom. The standard InChI is InChI=1S/C10H16/c1-2-8-4-5-10(6-7-10)9(8)3-1/h8-9H,1-7H2. The van der Waals surface area contributed by atoms with E-state index < -0.39 is 0 Å². The van der Waals surface area contributed by atoms with Crippen molar-refractivity contribution < 1.29 is 0 Å². The van der Waals surface area contributed by atoms with Gasteiger partial charge in [-0.05, 0) is 49.4 Å². The summed E-state index contributed by atoms with van der Waals surface area (Å²) in [6, 6.07) is 0.